The highest BCUT2D eigenvalue weighted by molar-refractivity contribution is 7.92. The summed E-state index contributed by atoms with van der Waals surface area (Å²) in [5.74, 6) is 0. The molecule has 0 saturated carbocycles. The predicted octanol–water partition coefficient (Wildman–Crippen LogP) is -3.08. The van der Waals surface area contributed by atoms with Crippen LogP contribution >= 0.6 is 0 Å². The topological polar surface area (TPSA) is 173 Å². The van der Waals surface area contributed by atoms with Crippen LogP contribution in [0, 0.1) is 0 Å². The molecule has 136 valence electrons. The van der Waals surface area contributed by atoms with Crippen molar-refractivity contribution in [2.24, 2.45) is 0 Å². The summed E-state index contributed by atoms with van der Waals surface area (Å²) < 4.78 is 52.9. The van der Waals surface area contributed by atoms with Crippen molar-refractivity contribution in [1.82, 2.24) is 9.55 Å². The second-order valence-electron chi connectivity index (χ2n) is 5.57. The van der Waals surface area contributed by atoms with Crippen molar-refractivity contribution < 1.29 is 31.8 Å². The van der Waals surface area contributed by atoms with E-state index in [4.69, 9.17) is 4.74 Å². The summed E-state index contributed by atoms with van der Waals surface area (Å²) in [6.07, 6.45) is -1.86. The normalized spacial score (nSPS) is 29.5. The van der Waals surface area contributed by atoms with E-state index in [1.54, 1.807) is 0 Å². The van der Waals surface area contributed by atoms with Gasteiger partial charge in [-0.15, -0.1) is 0 Å². The first-order valence-corrected chi connectivity index (χ1v) is 10.4. The Morgan fingerprint density at radius 3 is 2.38 bits per heavy atom. The SMILES string of the molecule is CS(=O)(=O)C(O)[C@H]1O[C@@H](n2ccc(=O)[nH]c2=O)C[C@@]1(O)S(C)(=O)=O. The molecule has 1 saturated heterocycles. The number of hydrogen-bond donors (Lipinski definition) is 3. The van der Waals surface area contributed by atoms with Gasteiger partial charge >= 0.3 is 5.69 Å². The summed E-state index contributed by atoms with van der Waals surface area (Å²) in [6, 6.07) is 0.963. The molecule has 1 aromatic rings. The highest BCUT2D eigenvalue weighted by atomic mass is 32.2. The van der Waals surface area contributed by atoms with Gasteiger partial charge in [-0.05, 0) is 0 Å². The molecule has 2 heterocycles. The molecule has 11 nitrogen and oxygen atoms in total. The number of H-pyrrole nitrogens is 1. The van der Waals surface area contributed by atoms with E-state index in [-0.39, 0.29) is 0 Å². The van der Waals surface area contributed by atoms with Gasteiger partial charge in [-0.3, -0.25) is 14.3 Å². The second kappa shape index (κ2) is 5.77. The molecule has 0 spiro atoms. The summed E-state index contributed by atoms with van der Waals surface area (Å²) in [5, 5.41) is 20.4. The largest absolute Gasteiger partial charge is 0.375 e. The van der Waals surface area contributed by atoms with Gasteiger partial charge in [-0.2, -0.15) is 0 Å². The zero-order valence-electron chi connectivity index (χ0n) is 12.6. The molecule has 13 heteroatoms. The van der Waals surface area contributed by atoms with E-state index in [0.717, 1.165) is 16.8 Å². The molecule has 1 aromatic heterocycles. The standard InChI is InChI=1S/C11H16N2O9S2/c1-23(18,19)9(15)8-11(17,24(2,20)21)5-7(22-8)13-4-3-6(14)12-10(13)16/h3-4,7-9,15,17H,5H2,1-2H3,(H,12,14,16)/t7-,8-,9?,11-/m1/s1. The zero-order chi connectivity index (χ0) is 18.5. The Bertz CT molecular complexity index is 962. The van der Waals surface area contributed by atoms with Crippen LogP contribution in [-0.4, -0.2) is 65.6 Å². The monoisotopic (exact) mass is 384 g/mol. The highest BCUT2D eigenvalue weighted by Crippen LogP contribution is 2.41. The molecule has 0 bridgehead atoms. The zero-order valence-corrected chi connectivity index (χ0v) is 14.2. The number of ether oxygens (including phenoxy) is 1. The second-order valence-corrected chi connectivity index (χ2v) is 9.96. The van der Waals surface area contributed by atoms with Crippen LogP contribution in [0.1, 0.15) is 12.6 Å². The number of aliphatic hydroxyl groups excluding tert-OH is 1. The number of nitrogens with zero attached hydrogens (tertiary/aromatic N) is 1. The van der Waals surface area contributed by atoms with Gasteiger partial charge in [0.05, 0.1) is 0 Å². The fourth-order valence-corrected chi connectivity index (χ4v) is 4.26. The number of aromatic nitrogens is 2. The van der Waals surface area contributed by atoms with Gasteiger partial charge in [-0.25, -0.2) is 21.6 Å². The summed E-state index contributed by atoms with van der Waals surface area (Å²) in [5.41, 5.74) is -3.99. The minimum atomic E-state index is -4.30. The number of rotatable bonds is 4. The summed E-state index contributed by atoms with van der Waals surface area (Å²) in [4.78, 5) is 22.0. The Morgan fingerprint density at radius 1 is 1.33 bits per heavy atom. The van der Waals surface area contributed by atoms with Gasteiger partial charge < -0.3 is 14.9 Å². The molecule has 0 aliphatic carbocycles. The molecule has 1 aliphatic rings. The molecule has 1 fully saturated rings. The quantitative estimate of drug-likeness (QED) is 0.486. The van der Waals surface area contributed by atoms with Crippen LogP contribution in [0.15, 0.2) is 21.9 Å². The van der Waals surface area contributed by atoms with E-state index < -0.39 is 60.0 Å². The van der Waals surface area contributed by atoms with E-state index in [1.807, 2.05) is 4.98 Å². The van der Waals surface area contributed by atoms with Crippen LogP contribution in [0.3, 0.4) is 0 Å². The first-order chi connectivity index (χ1) is 10.8. The molecule has 3 N–H and O–H groups in total. The Morgan fingerprint density at radius 2 is 1.92 bits per heavy atom. The first kappa shape index (κ1) is 18.8. The fraction of sp³-hybridized carbons (Fsp3) is 0.636. The molecule has 0 radical (unpaired) electrons. The van der Waals surface area contributed by atoms with Crippen LogP contribution < -0.4 is 11.2 Å². The lowest BCUT2D eigenvalue weighted by atomic mass is 10.2. The van der Waals surface area contributed by atoms with Crippen molar-refractivity contribution in [3.05, 3.63) is 33.1 Å². The van der Waals surface area contributed by atoms with Crippen molar-refractivity contribution in [3.8, 4) is 0 Å². The maximum absolute atomic E-state index is 11.9. The van der Waals surface area contributed by atoms with Crippen LogP contribution in [0.4, 0.5) is 0 Å². The number of nitrogens with one attached hydrogen (secondary N) is 1. The molecule has 4 atom stereocenters. The predicted molar refractivity (Wildman–Crippen MR) is 80.5 cm³/mol. The lowest BCUT2D eigenvalue weighted by molar-refractivity contribution is -0.0683. The lowest BCUT2D eigenvalue weighted by Crippen LogP contribution is -2.53. The average Bonchev–Trinajstić information content (AvgIpc) is 2.75. The highest BCUT2D eigenvalue weighted by Gasteiger charge is 2.59. The van der Waals surface area contributed by atoms with Crippen molar-refractivity contribution >= 4 is 19.7 Å². The maximum Gasteiger partial charge on any atom is 0.330 e. The third kappa shape index (κ3) is 3.17. The van der Waals surface area contributed by atoms with Crippen molar-refractivity contribution in [1.29, 1.82) is 0 Å². The van der Waals surface area contributed by atoms with Gasteiger partial charge in [0.1, 0.15) is 12.3 Å². The third-order valence-electron chi connectivity index (χ3n) is 3.72. The van der Waals surface area contributed by atoms with E-state index in [0.29, 0.717) is 12.5 Å². The van der Waals surface area contributed by atoms with Gasteiger partial charge in [0, 0.05) is 31.2 Å². The van der Waals surface area contributed by atoms with Crippen molar-refractivity contribution in [2.45, 2.75) is 29.1 Å². The molecular formula is C11H16N2O9S2. The number of sulfone groups is 2. The number of aromatic amines is 1. The van der Waals surface area contributed by atoms with Crippen molar-refractivity contribution in [3.63, 3.8) is 0 Å². The molecule has 1 unspecified atom stereocenters. The first-order valence-electron chi connectivity index (χ1n) is 6.53. The van der Waals surface area contributed by atoms with E-state index in [1.165, 1.54) is 0 Å². The molecule has 2 rings (SSSR count). The lowest BCUT2D eigenvalue weighted by Gasteiger charge is -2.28. The van der Waals surface area contributed by atoms with Crippen LogP contribution in [0.2, 0.25) is 0 Å². The summed E-state index contributed by atoms with van der Waals surface area (Å²) >= 11 is 0. The van der Waals surface area contributed by atoms with Gasteiger partial charge in [-0.1, -0.05) is 0 Å². The van der Waals surface area contributed by atoms with E-state index in [2.05, 4.69) is 0 Å². The number of hydrogen-bond acceptors (Lipinski definition) is 9. The molecular weight excluding hydrogens is 368 g/mol. The average molecular weight is 384 g/mol. The van der Waals surface area contributed by atoms with Gasteiger partial charge in [0.25, 0.3) is 5.56 Å². The molecule has 24 heavy (non-hydrogen) atoms. The third-order valence-corrected chi connectivity index (χ3v) is 6.52. The minimum Gasteiger partial charge on any atom is -0.375 e. The Hall–Kier alpha value is -1.54. The maximum atomic E-state index is 11.9. The van der Waals surface area contributed by atoms with Crippen molar-refractivity contribution in [2.75, 3.05) is 12.5 Å². The molecule has 0 amide bonds. The summed E-state index contributed by atoms with van der Waals surface area (Å²) in [7, 11) is -8.48. The van der Waals surface area contributed by atoms with E-state index in [9.17, 15) is 36.6 Å². The number of aliphatic hydroxyl groups is 2. The Kier molecular flexibility index (Phi) is 4.52. The summed E-state index contributed by atoms with van der Waals surface area (Å²) in [6.45, 7) is 0. The smallest absolute Gasteiger partial charge is 0.330 e. The van der Waals surface area contributed by atoms with Gasteiger partial charge in [0.2, 0.25) is 0 Å². The molecule has 1 aliphatic heterocycles. The Balaban J connectivity index is 2.55. The van der Waals surface area contributed by atoms with Crippen LogP contribution in [-0.2, 0) is 24.4 Å². The van der Waals surface area contributed by atoms with Gasteiger partial charge in [0.15, 0.2) is 30.0 Å². The molecule has 0 aromatic carbocycles. The fourth-order valence-electron chi connectivity index (χ4n) is 2.38. The van der Waals surface area contributed by atoms with Crippen LogP contribution in [0.5, 0.6) is 0 Å². The van der Waals surface area contributed by atoms with E-state index >= 15 is 0 Å². The minimum absolute atomic E-state index is 0.642. The Labute approximate surface area is 136 Å². The van der Waals surface area contributed by atoms with Crippen LogP contribution in [0.25, 0.3) is 0 Å².